The van der Waals surface area contributed by atoms with E-state index in [2.05, 4.69) is 5.32 Å². The number of carboxylic acid groups (broad SMARTS) is 2. The predicted molar refractivity (Wildman–Crippen MR) is 81.7 cm³/mol. The number of nitrogens with one attached hydrogen (secondary N) is 1. The number of hydrogen-bond acceptors (Lipinski definition) is 3. The molecule has 1 heterocycles. The van der Waals surface area contributed by atoms with Crippen molar-refractivity contribution in [1.29, 1.82) is 0 Å². The quantitative estimate of drug-likeness (QED) is 0.741. The van der Waals surface area contributed by atoms with Crippen LogP contribution in [0.2, 0.25) is 0 Å². The maximum Gasteiger partial charge on any atom is 0.524 e. The summed E-state index contributed by atoms with van der Waals surface area (Å²) in [5.41, 5.74) is -2.20. The van der Waals surface area contributed by atoms with Crippen molar-refractivity contribution < 1.29 is 29.1 Å². The molecule has 1 aromatic carbocycles. The Morgan fingerprint density at radius 1 is 1.22 bits per heavy atom. The van der Waals surface area contributed by atoms with Crippen LogP contribution < -0.4 is 5.32 Å². The highest BCUT2D eigenvalue weighted by Crippen LogP contribution is 2.46. The summed E-state index contributed by atoms with van der Waals surface area (Å²) in [4.78, 5) is 36.8. The number of hydrogen-bond donors (Lipinski definition) is 3. The van der Waals surface area contributed by atoms with Crippen molar-refractivity contribution in [2.45, 2.75) is 32.9 Å². The highest BCUT2D eigenvalue weighted by Gasteiger charge is 2.75. The van der Waals surface area contributed by atoms with Crippen LogP contribution in [0.5, 0.6) is 0 Å². The molecule has 0 radical (unpaired) electrons. The Bertz CT molecular complexity index is 652. The second-order valence-electron chi connectivity index (χ2n) is 6.81. The third kappa shape index (κ3) is 2.19. The first-order chi connectivity index (χ1) is 10.6. The largest absolute Gasteiger partial charge is 0.524 e. The van der Waals surface area contributed by atoms with Gasteiger partial charge in [-0.25, -0.2) is 9.59 Å². The van der Waals surface area contributed by atoms with E-state index in [1.165, 1.54) is 0 Å². The number of carbonyl (C=O) groups excluding carboxylic acids is 1. The molecule has 1 aliphatic heterocycles. The van der Waals surface area contributed by atoms with Gasteiger partial charge in [0.25, 0.3) is 0 Å². The molecule has 2 atom stereocenters. The fourth-order valence-corrected chi connectivity index (χ4v) is 3.43. The lowest BCUT2D eigenvalue weighted by atomic mass is 9.71. The molecule has 0 spiro atoms. The zero-order valence-electron chi connectivity index (χ0n) is 13.4. The number of urea groups is 1. The van der Waals surface area contributed by atoms with Gasteiger partial charge in [-0.3, -0.25) is 5.32 Å². The normalized spacial score (nSPS) is 27.5. The zero-order chi connectivity index (χ0) is 17.5. The van der Waals surface area contributed by atoms with Crippen LogP contribution in [0.15, 0.2) is 30.3 Å². The molecule has 124 valence electrons. The minimum absolute atomic E-state index is 0.231. The number of amides is 3. The van der Waals surface area contributed by atoms with Gasteiger partial charge in [-0.2, -0.15) is 4.79 Å². The van der Waals surface area contributed by atoms with Crippen LogP contribution in [0.4, 0.5) is 9.59 Å². The molecular formula is C16H21N2O5+. The predicted octanol–water partition coefficient (Wildman–Crippen LogP) is 2.27. The molecule has 0 bridgehead atoms. The van der Waals surface area contributed by atoms with Gasteiger partial charge in [-0.05, 0) is 0 Å². The average molecular weight is 321 g/mol. The van der Waals surface area contributed by atoms with Crippen molar-refractivity contribution in [2.75, 3.05) is 6.54 Å². The maximum atomic E-state index is 12.5. The van der Waals surface area contributed by atoms with Crippen molar-refractivity contribution in [1.82, 2.24) is 5.32 Å². The van der Waals surface area contributed by atoms with Crippen LogP contribution in [0, 0.1) is 5.41 Å². The molecule has 1 aromatic rings. The Balaban J connectivity index is 2.73. The number of aliphatic carboxylic acids is 1. The monoisotopic (exact) mass is 321 g/mol. The molecule has 0 aliphatic carbocycles. The zero-order valence-corrected chi connectivity index (χ0v) is 13.4. The molecule has 0 aromatic heterocycles. The molecule has 7 nitrogen and oxygen atoms in total. The Morgan fingerprint density at radius 2 is 1.78 bits per heavy atom. The summed E-state index contributed by atoms with van der Waals surface area (Å²) in [5, 5.41) is 22.3. The van der Waals surface area contributed by atoms with Crippen molar-refractivity contribution in [3.05, 3.63) is 35.9 Å². The fourth-order valence-electron chi connectivity index (χ4n) is 3.43. The van der Waals surface area contributed by atoms with Crippen LogP contribution in [0.25, 0.3) is 0 Å². The molecule has 1 fully saturated rings. The van der Waals surface area contributed by atoms with Crippen molar-refractivity contribution in [2.24, 2.45) is 5.41 Å². The van der Waals surface area contributed by atoms with Gasteiger partial charge in [0, 0.05) is 11.0 Å². The second kappa shape index (κ2) is 5.34. The van der Waals surface area contributed by atoms with E-state index >= 15 is 0 Å². The lowest BCUT2D eigenvalue weighted by molar-refractivity contribution is -0.835. The Morgan fingerprint density at radius 3 is 2.22 bits per heavy atom. The highest BCUT2D eigenvalue weighted by atomic mass is 16.4. The van der Waals surface area contributed by atoms with Gasteiger partial charge in [0.1, 0.15) is 6.54 Å². The smallest absolute Gasteiger partial charge is 0.477 e. The first-order valence-corrected chi connectivity index (χ1v) is 7.27. The van der Waals surface area contributed by atoms with Gasteiger partial charge in [0.05, 0.1) is 6.54 Å². The molecular weight excluding hydrogens is 300 g/mol. The summed E-state index contributed by atoms with van der Waals surface area (Å²) in [6.45, 7) is 4.46. The lowest BCUT2D eigenvalue weighted by Crippen LogP contribution is -2.74. The van der Waals surface area contributed by atoms with Gasteiger partial charge in [-0.15, -0.1) is 4.48 Å². The molecule has 7 heteroatoms. The van der Waals surface area contributed by atoms with E-state index in [-0.39, 0.29) is 13.1 Å². The Kier molecular flexibility index (Phi) is 3.94. The van der Waals surface area contributed by atoms with Crippen LogP contribution in [0.1, 0.15) is 26.3 Å². The number of carbonyl (C=O) groups is 3. The van der Waals surface area contributed by atoms with Gasteiger partial charge >= 0.3 is 18.1 Å². The van der Waals surface area contributed by atoms with Crippen molar-refractivity contribution >= 4 is 18.1 Å². The van der Waals surface area contributed by atoms with E-state index in [0.29, 0.717) is 5.56 Å². The van der Waals surface area contributed by atoms with E-state index in [1.54, 1.807) is 51.1 Å². The number of nitrogens with zero attached hydrogens (tertiary/aromatic N) is 1. The summed E-state index contributed by atoms with van der Waals surface area (Å²) >= 11 is 0. The van der Waals surface area contributed by atoms with Crippen LogP contribution in [-0.2, 0) is 11.3 Å². The fraction of sp³-hybridized carbons (Fsp3) is 0.438. The SMILES string of the molecule is CC(C)(C)C1(C(=O)O)CNC(=O)[N+]1(Cc1ccccc1)C(=O)O. The standard InChI is InChI=1S/C16H20N2O5/c1-15(2,3)16(12(19)20)10-17-13(21)18(16,14(22)23)9-11-7-5-4-6-8-11/h4-8H,9-10H2,1-3H3,(H2-,17,19,20,21,22,23)/p+1. The molecule has 1 saturated heterocycles. The third-order valence-electron chi connectivity index (χ3n) is 4.68. The van der Waals surface area contributed by atoms with E-state index in [4.69, 9.17) is 0 Å². The van der Waals surface area contributed by atoms with Crippen LogP contribution in [0.3, 0.4) is 0 Å². The number of benzene rings is 1. The number of imide groups is 1. The first kappa shape index (κ1) is 17.0. The lowest BCUT2D eigenvalue weighted by Gasteiger charge is -2.44. The number of carboxylic acids is 1. The van der Waals surface area contributed by atoms with Gasteiger partial charge in [0.2, 0.25) is 5.54 Å². The minimum Gasteiger partial charge on any atom is -0.477 e. The molecule has 23 heavy (non-hydrogen) atoms. The van der Waals surface area contributed by atoms with E-state index in [1.807, 2.05) is 0 Å². The molecule has 3 N–H and O–H groups in total. The minimum atomic E-state index is -1.81. The summed E-state index contributed by atoms with van der Waals surface area (Å²) < 4.78 is -1.20. The van der Waals surface area contributed by atoms with Gasteiger partial charge in [0.15, 0.2) is 0 Å². The summed E-state index contributed by atoms with van der Waals surface area (Å²) in [5.74, 6) is -1.30. The van der Waals surface area contributed by atoms with Crippen LogP contribution in [-0.4, -0.2) is 44.9 Å². The first-order valence-electron chi connectivity index (χ1n) is 7.27. The molecule has 2 unspecified atom stereocenters. The van der Waals surface area contributed by atoms with Crippen LogP contribution >= 0.6 is 0 Å². The topological polar surface area (TPSA) is 104 Å². The van der Waals surface area contributed by atoms with Gasteiger partial charge in [-0.1, -0.05) is 51.1 Å². The molecule has 2 rings (SSSR count). The summed E-state index contributed by atoms with van der Waals surface area (Å²) in [6, 6.07) is 7.78. The highest BCUT2D eigenvalue weighted by molar-refractivity contribution is 5.91. The van der Waals surface area contributed by atoms with E-state index in [9.17, 15) is 24.6 Å². The summed E-state index contributed by atoms with van der Waals surface area (Å²) in [7, 11) is 0. The van der Waals surface area contributed by atoms with Gasteiger partial charge < -0.3 is 10.2 Å². The Labute approximate surface area is 134 Å². The number of quaternary nitrogens is 1. The average Bonchev–Trinajstić information content (AvgIpc) is 2.75. The van der Waals surface area contributed by atoms with E-state index < -0.39 is 33.5 Å². The molecule has 0 saturated carbocycles. The van der Waals surface area contributed by atoms with Crippen molar-refractivity contribution in [3.8, 4) is 0 Å². The molecule has 1 aliphatic rings. The van der Waals surface area contributed by atoms with E-state index in [0.717, 1.165) is 0 Å². The number of rotatable bonds is 3. The second-order valence-corrected chi connectivity index (χ2v) is 6.81. The van der Waals surface area contributed by atoms with Crippen molar-refractivity contribution in [3.63, 3.8) is 0 Å². The Hall–Kier alpha value is -2.41. The third-order valence-corrected chi connectivity index (χ3v) is 4.68. The summed E-state index contributed by atoms with van der Waals surface area (Å²) in [6.07, 6.45) is -1.47. The molecule has 3 amide bonds. The maximum absolute atomic E-state index is 12.5.